The van der Waals surface area contributed by atoms with Crippen molar-refractivity contribution in [3.63, 3.8) is 0 Å². The summed E-state index contributed by atoms with van der Waals surface area (Å²) in [5.41, 5.74) is 0.109. The van der Waals surface area contributed by atoms with Crippen molar-refractivity contribution in [2.75, 3.05) is 6.54 Å². The average Bonchev–Trinajstić information content (AvgIpc) is 2.12. The fraction of sp³-hybridized carbons (Fsp3) is 0.111. The molecule has 0 radical (unpaired) electrons. The van der Waals surface area contributed by atoms with Crippen molar-refractivity contribution in [2.45, 2.75) is 0 Å². The molecule has 1 rings (SSSR count). The van der Waals surface area contributed by atoms with Crippen molar-refractivity contribution < 1.29 is 15.0 Å². The number of phenols is 2. The summed E-state index contributed by atoms with van der Waals surface area (Å²) in [6.45, 7) is -0.116. The zero-order valence-electron chi connectivity index (χ0n) is 7.19. The van der Waals surface area contributed by atoms with Gasteiger partial charge in [0, 0.05) is 11.6 Å². The monoisotopic (exact) mass is 192 g/mol. The first-order valence-corrected chi connectivity index (χ1v) is 3.81. The van der Waals surface area contributed by atoms with Gasteiger partial charge in [-0.05, 0) is 12.1 Å². The van der Waals surface area contributed by atoms with E-state index in [1.807, 2.05) is 0 Å². The summed E-state index contributed by atoms with van der Waals surface area (Å²) in [4.78, 5) is 11.2. The summed E-state index contributed by atoms with van der Waals surface area (Å²) in [5.74, 6) is -0.919. The Hall–Kier alpha value is -2.22. The van der Waals surface area contributed by atoms with Crippen LogP contribution in [0, 0.1) is 11.3 Å². The van der Waals surface area contributed by atoms with Crippen LogP contribution < -0.4 is 5.32 Å². The molecule has 5 nitrogen and oxygen atoms in total. The van der Waals surface area contributed by atoms with Crippen molar-refractivity contribution in [2.24, 2.45) is 0 Å². The van der Waals surface area contributed by atoms with Crippen LogP contribution in [0.15, 0.2) is 18.2 Å². The Labute approximate surface area is 80.2 Å². The van der Waals surface area contributed by atoms with E-state index in [-0.39, 0.29) is 23.6 Å². The molecule has 1 amide bonds. The first kappa shape index (κ1) is 9.86. The van der Waals surface area contributed by atoms with E-state index in [1.54, 1.807) is 6.07 Å². The van der Waals surface area contributed by atoms with Gasteiger partial charge in [0.05, 0.1) is 6.07 Å². The normalized spacial score (nSPS) is 9.07. The van der Waals surface area contributed by atoms with Crippen molar-refractivity contribution in [3.8, 4) is 17.6 Å². The molecule has 0 bridgehead atoms. The minimum atomic E-state index is -0.516. The molecule has 0 saturated heterocycles. The summed E-state index contributed by atoms with van der Waals surface area (Å²) in [6.07, 6.45) is 0. The van der Waals surface area contributed by atoms with Crippen LogP contribution in [0.1, 0.15) is 10.4 Å². The smallest absolute Gasteiger partial charge is 0.252 e. The Balaban J connectivity index is 2.85. The van der Waals surface area contributed by atoms with Gasteiger partial charge in [-0.25, -0.2) is 0 Å². The number of nitrogens with zero attached hydrogens (tertiary/aromatic N) is 1. The SMILES string of the molecule is N#CCNC(=O)c1cc(O)cc(O)c1. The molecule has 0 aliphatic rings. The van der Waals surface area contributed by atoms with E-state index in [9.17, 15) is 4.79 Å². The molecule has 1 aromatic carbocycles. The molecule has 0 atom stereocenters. The van der Waals surface area contributed by atoms with Gasteiger partial charge in [0.2, 0.25) is 0 Å². The molecule has 0 aliphatic heterocycles. The molecular weight excluding hydrogens is 184 g/mol. The lowest BCUT2D eigenvalue weighted by atomic mass is 10.2. The van der Waals surface area contributed by atoms with Gasteiger partial charge < -0.3 is 15.5 Å². The summed E-state index contributed by atoms with van der Waals surface area (Å²) in [7, 11) is 0. The van der Waals surface area contributed by atoms with E-state index < -0.39 is 5.91 Å². The number of nitrogens with one attached hydrogen (secondary N) is 1. The maximum Gasteiger partial charge on any atom is 0.252 e. The Morgan fingerprint density at radius 3 is 2.43 bits per heavy atom. The van der Waals surface area contributed by atoms with Crippen molar-refractivity contribution >= 4 is 5.91 Å². The van der Waals surface area contributed by atoms with Crippen LogP contribution in [-0.2, 0) is 0 Å². The lowest BCUT2D eigenvalue weighted by Gasteiger charge is -2.02. The molecule has 3 N–H and O–H groups in total. The third kappa shape index (κ3) is 2.38. The number of aromatic hydroxyl groups is 2. The van der Waals surface area contributed by atoms with Crippen LogP contribution in [0.25, 0.3) is 0 Å². The Morgan fingerprint density at radius 1 is 1.36 bits per heavy atom. The predicted molar refractivity (Wildman–Crippen MR) is 47.7 cm³/mol. The second-order valence-corrected chi connectivity index (χ2v) is 2.58. The molecule has 0 saturated carbocycles. The molecule has 14 heavy (non-hydrogen) atoms. The van der Waals surface area contributed by atoms with Crippen LogP contribution >= 0.6 is 0 Å². The fourth-order valence-electron chi connectivity index (χ4n) is 0.948. The minimum absolute atomic E-state index is 0.109. The fourth-order valence-corrected chi connectivity index (χ4v) is 0.948. The van der Waals surface area contributed by atoms with Gasteiger partial charge in [0.25, 0.3) is 5.91 Å². The molecule has 0 fully saturated rings. The number of carbonyl (C=O) groups excluding carboxylic acids is 1. The molecule has 0 spiro atoms. The van der Waals surface area contributed by atoms with Crippen LogP contribution in [0.5, 0.6) is 11.5 Å². The number of carbonyl (C=O) groups is 1. The Morgan fingerprint density at radius 2 is 1.93 bits per heavy atom. The molecule has 0 heterocycles. The minimum Gasteiger partial charge on any atom is -0.508 e. The zero-order valence-corrected chi connectivity index (χ0v) is 7.19. The quantitative estimate of drug-likeness (QED) is 0.589. The van der Waals surface area contributed by atoms with Gasteiger partial charge in [-0.2, -0.15) is 5.26 Å². The van der Waals surface area contributed by atoms with E-state index in [2.05, 4.69) is 5.32 Å². The average molecular weight is 192 g/mol. The molecule has 72 valence electrons. The number of benzene rings is 1. The van der Waals surface area contributed by atoms with Crippen molar-refractivity contribution in [1.82, 2.24) is 5.32 Å². The molecule has 1 aromatic rings. The van der Waals surface area contributed by atoms with Crippen molar-refractivity contribution in [3.05, 3.63) is 23.8 Å². The summed E-state index contributed by atoms with van der Waals surface area (Å²) >= 11 is 0. The third-order valence-electron chi connectivity index (χ3n) is 1.49. The van der Waals surface area contributed by atoms with Crippen LogP contribution in [0.4, 0.5) is 0 Å². The second-order valence-electron chi connectivity index (χ2n) is 2.58. The van der Waals surface area contributed by atoms with Gasteiger partial charge in [-0.1, -0.05) is 0 Å². The highest BCUT2D eigenvalue weighted by atomic mass is 16.3. The van der Waals surface area contributed by atoms with E-state index >= 15 is 0 Å². The largest absolute Gasteiger partial charge is 0.508 e. The highest BCUT2D eigenvalue weighted by Crippen LogP contribution is 2.19. The molecule has 5 heteroatoms. The number of hydrogen-bond donors (Lipinski definition) is 3. The van der Waals surface area contributed by atoms with E-state index in [1.165, 1.54) is 12.1 Å². The molecule has 0 aromatic heterocycles. The summed E-state index contributed by atoms with van der Waals surface area (Å²) in [6, 6.07) is 5.25. The lowest BCUT2D eigenvalue weighted by molar-refractivity contribution is 0.0957. The van der Waals surface area contributed by atoms with E-state index in [4.69, 9.17) is 15.5 Å². The number of phenolic OH excluding ortho intramolecular Hbond substituents is 2. The molecular formula is C9H8N2O3. The van der Waals surface area contributed by atoms with Crippen LogP contribution in [0.3, 0.4) is 0 Å². The number of rotatable bonds is 2. The Bertz CT molecular complexity index is 375. The van der Waals surface area contributed by atoms with E-state index in [0.29, 0.717) is 0 Å². The highest BCUT2D eigenvalue weighted by Gasteiger charge is 2.07. The van der Waals surface area contributed by atoms with Gasteiger partial charge in [0.1, 0.15) is 18.0 Å². The van der Waals surface area contributed by atoms with Gasteiger partial charge >= 0.3 is 0 Å². The van der Waals surface area contributed by atoms with Crippen LogP contribution in [-0.4, -0.2) is 22.7 Å². The predicted octanol–water partition coefficient (Wildman–Crippen LogP) is 0.351. The number of hydrogen-bond acceptors (Lipinski definition) is 4. The molecule has 0 unspecified atom stereocenters. The summed E-state index contributed by atoms with van der Waals surface area (Å²) in [5, 5.41) is 28.6. The van der Waals surface area contributed by atoms with Gasteiger partial charge in [0.15, 0.2) is 0 Å². The zero-order chi connectivity index (χ0) is 10.6. The lowest BCUT2D eigenvalue weighted by Crippen LogP contribution is -2.23. The second kappa shape index (κ2) is 4.14. The maximum atomic E-state index is 11.2. The van der Waals surface area contributed by atoms with E-state index in [0.717, 1.165) is 6.07 Å². The van der Waals surface area contributed by atoms with Gasteiger partial charge in [-0.15, -0.1) is 0 Å². The number of nitriles is 1. The highest BCUT2D eigenvalue weighted by molar-refractivity contribution is 5.95. The summed E-state index contributed by atoms with van der Waals surface area (Å²) < 4.78 is 0. The first-order chi connectivity index (χ1) is 6.63. The van der Waals surface area contributed by atoms with Crippen molar-refractivity contribution in [1.29, 1.82) is 5.26 Å². The Kier molecular flexibility index (Phi) is 2.92. The number of amides is 1. The van der Waals surface area contributed by atoms with Crippen LogP contribution in [0.2, 0.25) is 0 Å². The first-order valence-electron chi connectivity index (χ1n) is 3.81. The van der Waals surface area contributed by atoms with Gasteiger partial charge in [-0.3, -0.25) is 4.79 Å². The maximum absolute atomic E-state index is 11.2. The topological polar surface area (TPSA) is 93.4 Å². The third-order valence-corrected chi connectivity index (χ3v) is 1.49. The molecule has 0 aliphatic carbocycles. The standard InChI is InChI=1S/C9H8N2O3/c10-1-2-11-9(14)6-3-7(12)5-8(13)4-6/h3-5,12-13H,2H2,(H,11,14).